The predicted molar refractivity (Wildman–Crippen MR) is 82.0 cm³/mol. The molecule has 0 aliphatic rings. The summed E-state index contributed by atoms with van der Waals surface area (Å²) in [6.45, 7) is 6.05. The number of anilines is 1. The summed E-state index contributed by atoms with van der Waals surface area (Å²) in [7, 11) is 0. The quantitative estimate of drug-likeness (QED) is 0.876. The lowest BCUT2D eigenvalue weighted by molar-refractivity contribution is -0.132. The van der Waals surface area contributed by atoms with Gasteiger partial charge < -0.3 is 10.2 Å². The third kappa shape index (κ3) is 4.85. The summed E-state index contributed by atoms with van der Waals surface area (Å²) < 4.78 is 0. The number of rotatable bonds is 6. The van der Waals surface area contributed by atoms with Crippen LogP contribution in [0.25, 0.3) is 0 Å². The Hall–Kier alpha value is -1.55. The van der Waals surface area contributed by atoms with Gasteiger partial charge in [-0.05, 0) is 31.0 Å². The fraction of sp³-hybridized carbons (Fsp3) is 0.467. The highest BCUT2D eigenvalue weighted by Crippen LogP contribution is 2.22. The van der Waals surface area contributed by atoms with Crippen molar-refractivity contribution in [3.05, 3.63) is 28.8 Å². The molecule has 0 saturated carbocycles. The van der Waals surface area contributed by atoms with Crippen LogP contribution in [0.4, 0.5) is 5.69 Å². The van der Waals surface area contributed by atoms with Crippen LogP contribution in [0, 0.1) is 6.92 Å². The number of nitrogens with one attached hydrogen (secondary N) is 1. The van der Waals surface area contributed by atoms with E-state index in [4.69, 9.17) is 11.6 Å². The molecule has 0 saturated heterocycles. The lowest BCUT2D eigenvalue weighted by atomic mass is 10.2. The highest BCUT2D eigenvalue weighted by molar-refractivity contribution is 6.31. The number of unbranched alkanes of at least 4 members (excludes halogenated alkanes) is 1. The minimum Gasteiger partial charge on any atom is -0.334 e. The molecule has 110 valence electrons. The molecule has 0 aromatic heterocycles. The summed E-state index contributed by atoms with van der Waals surface area (Å²) in [6.07, 6.45) is 1.88. The molecule has 0 bridgehead atoms. The number of hydrogen-bond donors (Lipinski definition) is 1. The highest BCUT2D eigenvalue weighted by atomic mass is 35.5. The molecule has 0 heterocycles. The Labute approximate surface area is 125 Å². The summed E-state index contributed by atoms with van der Waals surface area (Å²) >= 11 is 6.01. The van der Waals surface area contributed by atoms with Gasteiger partial charge in [-0.15, -0.1) is 0 Å². The lowest BCUT2D eigenvalue weighted by Crippen LogP contribution is -2.37. The number of halogens is 1. The number of nitrogens with zero attached hydrogens (tertiary/aromatic N) is 1. The van der Waals surface area contributed by atoms with E-state index in [2.05, 4.69) is 5.32 Å². The van der Waals surface area contributed by atoms with Gasteiger partial charge in [-0.1, -0.05) is 31.0 Å². The van der Waals surface area contributed by atoms with E-state index in [-0.39, 0.29) is 18.4 Å². The number of carbonyl (C=O) groups excluding carboxylic acids is 2. The molecule has 0 radical (unpaired) electrons. The molecule has 0 aliphatic heterocycles. The first kappa shape index (κ1) is 16.5. The van der Waals surface area contributed by atoms with Crippen LogP contribution >= 0.6 is 11.6 Å². The van der Waals surface area contributed by atoms with E-state index in [1.54, 1.807) is 23.1 Å². The molecule has 1 rings (SSSR count). The van der Waals surface area contributed by atoms with Gasteiger partial charge in [0.1, 0.15) is 0 Å². The minimum absolute atomic E-state index is 0.0707. The monoisotopic (exact) mass is 296 g/mol. The van der Waals surface area contributed by atoms with Crippen molar-refractivity contribution < 1.29 is 9.59 Å². The first-order valence-electron chi connectivity index (χ1n) is 6.76. The molecular weight excluding hydrogens is 276 g/mol. The van der Waals surface area contributed by atoms with Crippen LogP contribution in [-0.4, -0.2) is 29.8 Å². The van der Waals surface area contributed by atoms with Crippen LogP contribution in [0.1, 0.15) is 32.3 Å². The average Bonchev–Trinajstić information content (AvgIpc) is 2.39. The topological polar surface area (TPSA) is 49.4 Å². The standard InChI is InChI=1S/C15H21ClN2O2/c1-4-5-9-18(12(3)19)10-15(20)17-14-8-6-7-13(16)11(14)2/h6-8H,4-5,9-10H2,1-3H3,(H,17,20). The molecule has 0 fully saturated rings. The Kier molecular flexibility index (Phi) is 6.52. The van der Waals surface area contributed by atoms with Crippen molar-refractivity contribution in [1.29, 1.82) is 0 Å². The number of benzene rings is 1. The van der Waals surface area contributed by atoms with Crippen LogP contribution < -0.4 is 5.32 Å². The Morgan fingerprint density at radius 1 is 1.35 bits per heavy atom. The van der Waals surface area contributed by atoms with Gasteiger partial charge in [-0.2, -0.15) is 0 Å². The van der Waals surface area contributed by atoms with E-state index in [1.807, 2.05) is 13.8 Å². The smallest absolute Gasteiger partial charge is 0.244 e. The molecule has 5 heteroatoms. The van der Waals surface area contributed by atoms with Crippen molar-refractivity contribution in [2.75, 3.05) is 18.4 Å². The Balaban J connectivity index is 2.66. The molecule has 2 amide bonds. The van der Waals surface area contributed by atoms with Gasteiger partial charge in [0.25, 0.3) is 0 Å². The molecule has 1 aromatic rings. The van der Waals surface area contributed by atoms with E-state index in [0.29, 0.717) is 17.3 Å². The maximum absolute atomic E-state index is 12.0. The van der Waals surface area contributed by atoms with E-state index < -0.39 is 0 Å². The van der Waals surface area contributed by atoms with Crippen LogP contribution in [0.15, 0.2) is 18.2 Å². The van der Waals surface area contributed by atoms with Gasteiger partial charge in [0.2, 0.25) is 11.8 Å². The van der Waals surface area contributed by atoms with Crippen molar-refractivity contribution in [2.45, 2.75) is 33.6 Å². The zero-order valence-corrected chi connectivity index (χ0v) is 13.0. The molecule has 1 aromatic carbocycles. The SMILES string of the molecule is CCCCN(CC(=O)Nc1cccc(Cl)c1C)C(C)=O. The molecule has 4 nitrogen and oxygen atoms in total. The zero-order chi connectivity index (χ0) is 15.1. The molecular formula is C15H21ClN2O2. The molecule has 0 spiro atoms. The summed E-state index contributed by atoms with van der Waals surface area (Å²) in [5, 5.41) is 3.40. The highest BCUT2D eigenvalue weighted by Gasteiger charge is 2.14. The minimum atomic E-state index is -0.207. The van der Waals surface area contributed by atoms with E-state index in [1.165, 1.54) is 6.92 Å². The molecule has 0 unspecified atom stereocenters. The number of carbonyl (C=O) groups is 2. The Morgan fingerprint density at radius 2 is 2.05 bits per heavy atom. The van der Waals surface area contributed by atoms with Crippen molar-refractivity contribution in [1.82, 2.24) is 4.90 Å². The fourth-order valence-corrected chi connectivity index (χ4v) is 1.98. The lowest BCUT2D eigenvalue weighted by Gasteiger charge is -2.20. The van der Waals surface area contributed by atoms with Gasteiger partial charge in [0, 0.05) is 24.2 Å². The molecule has 20 heavy (non-hydrogen) atoms. The van der Waals surface area contributed by atoms with Crippen molar-refractivity contribution in [3.63, 3.8) is 0 Å². The maximum Gasteiger partial charge on any atom is 0.244 e. The summed E-state index contributed by atoms with van der Waals surface area (Å²) in [4.78, 5) is 25.0. The summed E-state index contributed by atoms with van der Waals surface area (Å²) in [5.74, 6) is -0.293. The van der Waals surface area contributed by atoms with Gasteiger partial charge in [0.15, 0.2) is 0 Å². The summed E-state index contributed by atoms with van der Waals surface area (Å²) in [5.41, 5.74) is 1.51. The van der Waals surface area contributed by atoms with Crippen molar-refractivity contribution in [3.8, 4) is 0 Å². The molecule has 0 aliphatic carbocycles. The molecule has 0 atom stereocenters. The normalized spacial score (nSPS) is 10.2. The van der Waals surface area contributed by atoms with E-state index in [0.717, 1.165) is 18.4 Å². The first-order valence-corrected chi connectivity index (χ1v) is 7.14. The van der Waals surface area contributed by atoms with E-state index >= 15 is 0 Å². The average molecular weight is 297 g/mol. The van der Waals surface area contributed by atoms with Gasteiger partial charge in [-0.25, -0.2) is 0 Å². The van der Waals surface area contributed by atoms with Crippen LogP contribution in [0.2, 0.25) is 5.02 Å². The number of hydrogen-bond acceptors (Lipinski definition) is 2. The maximum atomic E-state index is 12.0. The Morgan fingerprint density at radius 3 is 2.65 bits per heavy atom. The molecule has 1 N–H and O–H groups in total. The predicted octanol–water partition coefficient (Wildman–Crippen LogP) is 3.24. The largest absolute Gasteiger partial charge is 0.334 e. The third-order valence-corrected chi connectivity index (χ3v) is 3.51. The first-order chi connectivity index (χ1) is 9.45. The second kappa shape index (κ2) is 7.90. The summed E-state index contributed by atoms with van der Waals surface area (Å²) in [6, 6.07) is 5.35. The fourth-order valence-electron chi connectivity index (χ4n) is 1.80. The second-order valence-electron chi connectivity index (χ2n) is 4.75. The van der Waals surface area contributed by atoms with Crippen LogP contribution in [-0.2, 0) is 9.59 Å². The van der Waals surface area contributed by atoms with Crippen LogP contribution in [0.3, 0.4) is 0 Å². The van der Waals surface area contributed by atoms with Gasteiger partial charge in [-0.3, -0.25) is 9.59 Å². The van der Waals surface area contributed by atoms with Crippen molar-refractivity contribution >= 4 is 29.1 Å². The van der Waals surface area contributed by atoms with Gasteiger partial charge >= 0.3 is 0 Å². The second-order valence-corrected chi connectivity index (χ2v) is 5.16. The Bertz CT molecular complexity index is 489. The van der Waals surface area contributed by atoms with Crippen molar-refractivity contribution in [2.24, 2.45) is 0 Å². The van der Waals surface area contributed by atoms with E-state index in [9.17, 15) is 9.59 Å². The van der Waals surface area contributed by atoms with Crippen LogP contribution in [0.5, 0.6) is 0 Å². The number of amides is 2. The van der Waals surface area contributed by atoms with Gasteiger partial charge in [0.05, 0.1) is 6.54 Å². The third-order valence-electron chi connectivity index (χ3n) is 3.10. The zero-order valence-electron chi connectivity index (χ0n) is 12.2.